The van der Waals surface area contributed by atoms with Crippen LogP contribution in [0, 0.1) is 6.92 Å². The lowest BCUT2D eigenvalue weighted by Crippen LogP contribution is -2.48. The summed E-state index contributed by atoms with van der Waals surface area (Å²) in [7, 11) is 1.84. The second kappa shape index (κ2) is 8.42. The van der Waals surface area contributed by atoms with Crippen LogP contribution in [0.1, 0.15) is 41.0 Å². The lowest BCUT2D eigenvalue weighted by molar-refractivity contribution is -0.0586. The van der Waals surface area contributed by atoms with Crippen molar-refractivity contribution in [2.75, 3.05) is 13.1 Å². The van der Waals surface area contributed by atoms with E-state index in [0.29, 0.717) is 36.9 Å². The Morgan fingerprint density at radius 1 is 1.22 bits per heavy atom. The van der Waals surface area contributed by atoms with E-state index in [0.717, 1.165) is 16.8 Å². The minimum absolute atomic E-state index is 0.0641. The van der Waals surface area contributed by atoms with E-state index in [2.05, 4.69) is 10.4 Å². The van der Waals surface area contributed by atoms with Crippen molar-refractivity contribution >= 4 is 17.5 Å². The van der Waals surface area contributed by atoms with E-state index in [1.54, 1.807) is 4.68 Å². The highest BCUT2D eigenvalue weighted by Crippen LogP contribution is 2.18. The molecule has 0 saturated carbocycles. The summed E-state index contributed by atoms with van der Waals surface area (Å²) in [4.78, 5) is 14.6. The Morgan fingerprint density at radius 2 is 1.85 bits per heavy atom. The molecule has 2 heterocycles. The Hall–Kier alpha value is -1.89. The number of aryl methyl sites for hydroxylation is 2. The Morgan fingerprint density at radius 3 is 2.41 bits per heavy atom. The van der Waals surface area contributed by atoms with Gasteiger partial charge in [0.15, 0.2) is 0 Å². The maximum atomic E-state index is 12.7. The molecular formula is C20H27ClN4O2. The molecule has 2 atom stereocenters. The molecule has 146 valence electrons. The number of benzene rings is 1. The first-order chi connectivity index (χ1) is 12.8. The predicted octanol–water partition coefficient (Wildman–Crippen LogP) is 2.92. The fourth-order valence-corrected chi connectivity index (χ4v) is 3.74. The largest absolute Gasteiger partial charge is 0.372 e. The quantitative estimate of drug-likeness (QED) is 0.852. The van der Waals surface area contributed by atoms with Gasteiger partial charge in [-0.05, 0) is 38.5 Å². The van der Waals surface area contributed by atoms with Gasteiger partial charge in [0, 0.05) is 44.4 Å². The molecule has 6 nitrogen and oxygen atoms in total. The number of carbonyl (C=O) groups excluding carboxylic acids is 1. The zero-order valence-corrected chi connectivity index (χ0v) is 17.1. The first-order valence-corrected chi connectivity index (χ1v) is 9.65. The van der Waals surface area contributed by atoms with Crippen LogP contribution in [-0.4, -0.2) is 45.9 Å². The lowest BCUT2D eigenvalue weighted by atomic mass is 10.1. The van der Waals surface area contributed by atoms with Crippen molar-refractivity contribution in [2.45, 2.75) is 46.1 Å². The number of nitrogens with zero attached hydrogens (tertiary/aromatic N) is 3. The van der Waals surface area contributed by atoms with Crippen molar-refractivity contribution < 1.29 is 9.53 Å². The van der Waals surface area contributed by atoms with Crippen LogP contribution >= 0.6 is 11.6 Å². The van der Waals surface area contributed by atoms with Crippen molar-refractivity contribution in [3.8, 4) is 0 Å². The lowest BCUT2D eigenvalue weighted by Gasteiger charge is -2.35. The van der Waals surface area contributed by atoms with E-state index >= 15 is 0 Å². The van der Waals surface area contributed by atoms with Gasteiger partial charge in [-0.1, -0.05) is 23.7 Å². The van der Waals surface area contributed by atoms with E-state index in [4.69, 9.17) is 16.3 Å². The second-order valence-electron chi connectivity index (χ2n) is 7.25. The van der Waals surface area contributed by atoms with Crippen molar-refractivity contribution in [1.82, 2.24) is 20.0 Å². The molecule has 0 unspecified atom stereocenters. The van der Waals surface area contributed by atoms with Crippen LogP contribution in [0.5, 0.6) is 0 Å². The number of morpholine rings is 1. The number of rotatable bonds is 5. The molecule has 27 heavy (non-hydrogen) atoms. The summed E-state index contributed by atoms with van der Waals surface area (Å²) in [5, 5.41) is 8.36. The van der Waals surface area contributed by atoms with Crippen molar-refractivity contribution in [2.24, 2.45) is 7.05 Å². The van der Waals surface area contributed by atoms with Crippen molar-refractivity contribution in [1.29, 1.82) is 0 Å². The molecule has 2 aromatic rings. The summed E-state index contributed by atoms with van der Waals surface area (Å²) in [6, 6.07) is 7.77. The van der Waals surface area contributed by atoms with Crippen LogP contribution in [0.25, 0.3) is 0 Å². The fraction of sp³-hybridized carbons (Fsp3) is 0.500. The van der Waals surface area contributed by atoms with Gasteiger partial charge in [-0.25, -0.2) is 0 Å². The number of hydrogen-bond acceptors (Lipinski definition) is 4. The zero-order chi connectivity index (χ0) is 19.6. The first kappa shape index (κ1) is 19.9. The van der Waals surface area contributed by atoms with Crippen LogP contribution in [0.4, 0.5) is 0 Å². The fourth-order valence-electron chi connectivity index (χ4n) is 3.50. The second-order valence-corrected chi connectivity index (χ2v) is 7.60. The number of aromatic nitrogens is 2. The minimum atomic E-state index is 0.0641. The van der Waals surface area contributed by atoms with Crippen LogP contribution in [0.2, 0.25) is 5.15 Å². The average molecular weight is 391 g/mol. The molecule has 1 fully saturated rings. The molecule has 0 aliphatic carbocycles. The highest BCUT2D eigenvalue weighted by Gasteiger charge is 2.26. The van der Waals surface area contributed by atoms with Crippen LogP contribution < -0.4 is 5.32 Å². The van der Waals surface area contributed by atoms with Gasteiger partial charge >= 0.3 is 0 Å². The number of carbonyl (C=O) groups is 1. The van der Waals surface area contributed by atoms with Gasteiger partial charge in [-0.3, -0.25) is 9.48 Å². The number of amides is 1. The maximum Gasteiger partial charge on any atom is 0.254 e. The standard InChI is InChI=1S/C20H27ClN4O2/c1-13-11-25(12-14(2)27-13)20(26)17-7-5-16(6-8-17)9-22-10-18-15(3)23-24(4)19(18)21/h5-8,13-14,22H,9-12H2,1-4H3/t13-,14-/m1/s1. The Bertz CT molecular complexity index is 793. The summed E-state index contributed by atoms with van der Waals surface area (Å²) in [5.41, 5.74) is 3.78. The zero-order valence-electron chi connectivity index (χ0n) is 16.3. The third-order valence-electron chi connectivity index (χ3n) is 4.81. The van der Waals surface area contributed by atoms with E-state index in [1.807, 2.05) is 57.0 Å². The molecule has 1 saturated heterocycles. The maximum absolute atomic E-state index is 12.7. The third-order valence-corrected chi connectivity index (χ3v) is 5.28. The molecular weight excluding hydrogens is 364 g/mol. The minimum Gasteiger partial charge on any atom is -0.372 e. The number of nitrogens with one attached hydrogen (secondary N) is 1. The molecule has 1 aromatic heterocycles. The molecule has 0 radical (unpaired) electrons. The van der Waals surface area contributed by atoms with E-state index in [9.17, 15) is 4.79 Å². The van der Waals surface area contributed by atoms with Gasteiger partial charge in [0.2, 0.25) is 0 Å². The highest BCUT2D eigenvalue weighted by atomic mass is 35.5. The van der Waals surface area contributed by atoms with E-state index in [1.165, 1.54) is 0 Å². The summed E-state index contributed by atoms with van der Waals surface area (Å²) < 4.78 is 7.39. The summed E-state index contributed by atoms with van der Waals surface area (Å²) in [5.74, 6) is 0.0641. The Balaban J connectivity index is 1.56. The predicted molar refractivity (Wildman–Crippen MR) is 106 cm³/mol. The number of halogens is 1. The van der Waals surface area contributed by atoms with Gasteiger partial charge in [0.1, 0.15) is 5.15 Å². The topological polar surface area (TPSA) is 59.4 Å². The summed E-state index contributed by atoms with van der Waals surface area (Å²) >= 11 is 6.26. The SMILES string of the molecule is Cc1nn(C)c(Cl)c1CNCc1ccc(C(=O)N2C[C@@H](C)O[C@H](C)C2)cc1. The highest BCUT2D eigenvalue weighted by molar-refractivity contribution is 6.30. The summed E-state index contributed by atoms with van der Waals surface area (Å²) in [6.45, 7) is 8.58. The molecule has 0 bridgehead atoms. The van der Waals surface area contributed by atoms with Crippen LogP contribution in [0.15, 0.2) is 24.3 Å². The van der Waals surface area contributed by atoms with E-state index in [-0.39, 0.29) is 18.1 Å². The van der Waals surface area contributed by atoms with Gasteiger partial charge in [0.05, 0.1) is 17.9 Å². The molecule has 1 aliphatic rings. The molecule has 7 heteroatoms. The number of hydrogen-bond donors (Lipinski definition) is 1. The van der Waals surface area contributed by atoms with Crippen molar-refractivity contribution in [3.63, 3.8) is 0 Å². The summed E-state index contributed by atoms with van der Waals surface area (Å²) in [6.07, 6.45) is 0.146. The monoisotopic (exact) mass is 390 g/mol. The molecule has 1 N–H and O–H groups in total. The third kappa shape index (κ3) is 4.69. The molecule has 0 spiro atoms. The average Bonchev–Trinajstić information content (AvgIpc) is 2.87. The van der Waals surface area contributed by atoms with Gasteiger partial charge < -0.3 is 15.0 Å². The Kier molecular flexibility index (Phi) is 6.19. The Labute approximate surface area is 165 Å². The van der Waals surface area contributed by atoms with Crippen LogP contribution in [-0.2, 0) is 24.9 Å². The van der Waals surface area contributed by atoms with E-state index < -0.39 is 0 Å². The molecule has 1 amide bonds. The van der Waals surface area contributed by atoms with Gasteiger partial charge in [0.25, 0.3) is 5.91 Å². The molecule has 1 aliphatic heterocycles. The first-order valence-electron chi connectivity index (χ1n) is 9.27. The van der Waals surface area contributed by atoms with Crippen molar-refractivity contribution in [3.05, 3.63) is 51.8 Å². The number of ether oxygens (including phenoxy) is 1. The van der Waals surface area contributed by atoms with Gasteiger partial charge in [-0.15, -0.1) is 0 Å². The normalized spacial score (nSPS) is 20.1. The van der Waals surface area contributed by atoms with Crippen LogP contribution in [0.3, 0.4) is 0 Å². The van der Waals surface area contributed by atoms with Gasteiger partial charge in [-0.2, -0.15) is 5.10 Å². The smallest absolute Gasteiger partial charge is 0.254 e. The molecule has 3 rings (SSSR count). The molecule has 1 aromatic carbocycles.